The number of nitrogens with zero attached hydrogens (tertiary/aromatic N) is 2. The number of rotatable bonds is 3. The predicted molar refractivity (Wildman–Crippen MR) is 77.5 cm³/mol. The molecule has 0 saturated heterocycles. The Kier molecular flexibility index (Phi) is 2.91. The molecule has 3 aromatic heterocycles. The van der Waals surface area contributed by atoms with Gasteiger partial charge in [0.25, 0.3) is 0 Å². The van der Waals surface area contributed by atoms with Crippen LogP contribution in [0.5, 0.6) is 0 Å². The number of aromatic carboxylic acids is 1. The van der Waals surface area contributed by atoms with Crippen LogP contribution in [0.1, 0.15) is 27.2 Å². The molecular weight excluding hydrogens is 280 g/mol. The minimum Gasteiger partial charge on any atom is -0.477 e. The van der Waals surface area contributed by atoms with Crippen LogP contribution in [0.25, 0.3) is 15.5 Å². The fraction of sp³-hybridized carbons (Fsp3) is 0.231. The lowest BCUT2D eigenvalue weighted by atomic mass is 10.3. The molecular formula is C13H12N2O2S2. The maximum Gasteiger partial charge on any atom is 0.347 e. The van der Waals surface area contributed by atoms with Gasteiger partial charge < -0.3 is 5.11 Å². The highest BCUT2D eigenvalue weighted by atomic mass is 32.1. The molecule has 98 valence electrons. The molecule has 3 aromatic rings. The van der Waals surface area contributed by atoms with Crippen LogP contribution in [0.2, 0.25) is 0 Å². The van der Waals surface area contributed by atoms with Crippen molar-refractivity contribution in [3.8, 4) is 10.6 Å². The Bertz CT molecular complexity index is 767. The lowest BCUT2D eigenvalue weighted by Gasteiger charge is -1.92. The number of hydrogen-bond acceptors (Lipinski definition) is 4. The van der Waals surface area contributed by atoms with Crippen LogP contribution in [0.15, 0.2) is 18.3 Å². The van der Waals surface area contributed by atoms with Crippen LogP contribution >= 0.6 is 22.7 Å². The summed E-state index contributed by atoms with van der Waals surface area (Å²) in [6.07, 6.45) is 2.94. The van der Waals surface area contributed by atoms with Crippen molar-refractivity contribution in [2.45, 2.75) is 20.3 Å². The fourth-order valence-electron chi connectivity index (χ4n) is 1.97. The summed E-state index contributed by atoms with van der Waals surface area (Å²) in [7, 11) is 0. The van der Waals surface area contributed by atoms with Crippen LogP contribution in [-0.2, 0) is 6.42 Å². The summed E-state index contributed by atoms with van der Waals surface area (Å²) in [5.74, 6) is -0.890. The first-order valence-corrected chi connectivity index (χ1v) is 7.54. The zero-order valence-corrected chi connectivity index (χ0v) is 12.1. The van der Waals surface area contributed by atoms with Crippen LogP contribution in [-0.4, -0.2) is 20.5 Å². The first-order chi connectivity index (χ1) is 9.10. The Morgan fingerprint density at radius 2 is 2.21 bits per heavy atom. The van der Waals surface area contributed by atoms with Gasteiger partial charge in [-0.1, -0.05) is 18.3 Å². The minimum atomic E-state index is -0.890. The van der Waals surface area contributed by atoms with Crippen LogP contribution in [0, 0.1) is 6.92 Å². The number of carboxylic acid groups (broad SMARTS) is 1. The quantitative estimate of drug-likeness (QED) is 0.801. The van der Waals surface area contributed by atoms with Crippen LogP contribution in [0.3, 0.4) is 0 Å². The summed E-state index contributed by atoms with van der Waals surface area (Å²) in [5.41, 5.74) is 1.65. The Hall–Kier alpha value is -1.66. The number of aromatic nitrogens is 2. The van der Waals surface area contributed by atoms with Gasteiger partial charge in [-0.15, -0.1) is 11.3 Å². The number of carbonyl (C=O) groups is 1. The predicted octanol–water partition coefficient (Wildman–Crippen LogP) is 3.69. The van der Waals surface area contributed by atoms with Gasteiger partial charge in [-0.2, -0.15) is 0 Å². The lowest BCUT2D eigenvalue weighted by molar-refractivity contribution is 0.0701. The number of aryl methyl sites for hydroxylation is 2. The van der Waals surface area contributed by atoms with E-state index in [2.05, 4.69) is 24.0 Å². The topological polar surface area (TPSA) is 54.6 Å². The van der Waals surface area contributed by atoms with Crippen molar-refractivity contribution >= 4 is 33.6 Å². The molecule has 0 amide bonds. The molecule has 4 nitrogen and oxygen atoms in total. The van der Waals surface area contributed by atoms with Gasteiger partial charge >= 0.3 is 5.97 Å². The molecule has 1 N–H and O–H groups in total. The molecule has 0 bridgehead atoms. The molecule has 3 heterocycles. The zero-order valence-electron chi connectivity index (χ0n) is 10.5. The highest BCUT2D eigenvalue weighted by Crippen LogP contribution is 2.31. The Balaban J connectivity index is 2.10. The van der Waals surface area contributed by atoms with Crippen molar-refractivity contribution in [1.82, 2.24) is 9.38 Å². The van der Waals surface area contributed by atoms with E-state index in [0.717, 1.165) is 27.6 Å². The largest absolute Gasteiger partial charge is 0.477 e. The van der Waals surface area contributed by atoms with Crippen molar-refractivity contribution in [2.75, 3.05) is 0 Å². The van der Waals surface area contributed by atoms with Gasteiger partial charge in [0.2, 0.25) is 0 Å². The highest BCUT2D eigenvalue weighted by Gasteiger charge is 2.17. The summed E-state index contributed by atoms with van der Waals surface area (Å²) < 4.78 is 1.86. The smallest absolute Gasteiger partial charge is 0.347 e. The lowest BCUT2D eigenvalue weighted by Crippen LogP contribution is -1.96. The summed E-state index contributed by atoms with van der Waals surface area (Å²) in [5, 5.41) is 9.08. The third kappa shape index (κ3) is 1.97. The van der Waals surface area contributed by atoms with E-state index in [1.54, 1.807) is 11.3 Å². The summed E-state index contributed by atoms with van der Waals surface area (Å²) >= 11 is 2.95. The van der Waals surface area contributed by atoms with Crippen molar-refractivity contribution in [3.05, 3.63) is 33.8 Å². The second-order valence-electron chi connectivity index (χ2n) is 4.22. The van der Waals surface area contributed by atoms with Crippen LogP contribution in [0.4, 0.5) is 0 Å². The molecule has 19 heavy (non-hydrogen) atoms. The molecule has 6 heteroatoms. The van der Waals surface area contributed by atoms with Gasteiger partial charge in [0.1, 0.15) is 10.6 Å². The maximum atomic E-state index is 11.1. The second kappa shape index (κ2) is 4.47. The van der Waals surface area contributed by atoms with E-state index in [0.29, 0.717) is 4.88 Å². The maximum absolute atomic E-state index is 11.1. The third-order valence-electron chi connectivity index (χ3n) is 3.01. The Morgan fingerprint density at radius 1 is 1.42 bits per heavy atom. The van der Waals surface area contributed by atoms with Crippen molar-refractivity contribution in [1.29, 1.82) is 0 Å². The van der Waals surface area contributed by atoms with Gasteiger partial charge in [-0.25, -0.2) is 9.78 Å². The fourth-order valence-corrected chi connectivity index (χ4v) is 3.82. The number of fused-ring (bicyclic) bond motifs is 1. The summed E-state index contributed by atoms with van der Waals surface area (Å²) in [4.78, 5) is 19.1. The van der Waals surface area contributed by atoms with E-state index >= 15 is 0 Å². The normalized spacial score (nSPS) is 11.3. The van der Waals surface area contributed by atoms with Gasteiger partial charge in [-0.3, -0.25) is 4.40 Å². The standard InChI is InChI=1S/C13H12N2O2S2/c1-3-8-4-5-10(18-8)9-6-15-7(2)11(12(16)17)19-13(15)14-9/h4-6H,3H2,1-2H3,(H,16,17). The minimum absolute atomic E-state index is 0.356. The molecule has 0 aliphatic heterocycles. The van der Waals surface area contributed by atoms with E-state index in [1.165, 1.54) is 16.2 Å². The molecule has 0 atom stereocenters. The van der Waals surface area contributed by atoms with E-state index in [-0.39, 0.29) is 0 Å². The molecule has 0 radical (unpaired) electrons. The van der Waals surface area contributed by atoms with Crippen molar-refractivity contribution < 1.29 is 9.90 Å². The first-order valence-electron chi connectivity index (χ1n) is 5.91. The van der Waals surface area contributed by atoms with Gasteiger partial charge in [0, 0.05) is 16.8 Å². The van der Waals surface area contributed by atoms with Crippen molar-refractivity contribution in [3.63, 3.8) is 0 Å². The molecule has 0 saturated carbocycles. The van der Waals surface area contributed by atoms with E-state index < -0.39 is 5.97 Å². The molecule has 0 fully saturated rings. The van der Waals surface area contributed by atoms with E-state index in [4.69, 9.17) is 5.11 Å². The first kappa shape index (κ1) is 12.4. The Labute approximate surface area is 118 Å². The molecule has 0 unspecified atom stereocenters. The van der Waals surface area contributed by atoms with Crippen LogP contribution < -0.4 is 0 Å². The van der Waals surface area contributed by atoms with E-state index in [1.807, 2.05) is 17.5 Å². The number of thiophene rings is 1. The monoisotopic (exact) mass is 292 g/mol. The molecule has 0 aliphatic carbocycles. The SMILES string of the molecule is CCc1ccc(-c2cn3c(C)c(C(=O)O)sc3n2)s1. The molecule has 0 spiro atoms. The number of hydrogen-bond donors (Lipinski definition) is 1. The zero-order chi connectivity index (χ0) is 13.6. The third-order valence-corrected chi connectivity index (χ3v) is 5.41. The molecule has 0 aromatic carbocycles. The average molecular weight is 292 g/mol. The highest BCUT2D eigenvalue weighted by molar-refractivity contribution is 7.19. The van der Waals surface area contributed by atoms with Gasteiger partial charge in [0.15, 0.2) is 4.96 Å². The Morgan fingerprint density at radius 3 is 2.79 bits per heavy atom. The summed E-state index contributed by atoms with van der Waals surface area (Å²) in [6.45, 7) is 3.94. The number of thiazole rings is 1. The van der Waals surface area contributed by atoms with Gasteiger partial charge in [-0.05, 0) is 25.5 Å². The average Bonchev–Trinajstić information content (AvgIpc) is 3.04. The second-order valence-corrected chi connectivity index (χ2v) is 6.37. The van der Waals surface area contributed by atoms with E-state index in [9.17, 15) is 4.79 Å². The number of carboxylic acids is 1. The number of imidazole rings is 1. The molecule has 3 rings (SSSR count). The van der Waals surface area contributed by atoms with Gasteiger partial charge in [0.05, 0.1) is 4.88 Å². The molecule has 0 aliphatic rings. The van der Waals surface area contributed by atoms with Crippen molar-refractivity contribution in [2.24, 2.45) is 0 Å². The summed E-state index contributed by atoms with van der Waals surface area (Å²) in [6, 6.07) is 4.19.